The molecule has 1 unspecified atom stereocenters. The van der Waals surface area contributed by atoms with Crippen LogP contribution in [0.25, 0.3) is 0 Å². The maximum atomic E-state index is 13.5. The Kier molecular flexibility index (Phi) is 6.34. The Labute approximate surface area is 201 Å². The number of carbonyl (C=O) groups excluding carboxylic acids is 2. The highest BCUT2D eigenvalue weighted by Gasteiger charge is 2.51. The first-order valence-electron chi connectivity index (χ1n) is 10.1. The van der Waals surface area contributed by atoms with Gasteiger partial charge in [0.2, 0.25) is 0 Å². The van der Waals surface area contributed by atoms with Crippen molar-refractivity contribution >= 4 is 40.6 Å². The van der Waals surface area contributed by atoms with E-state index in [1.165, 1.54) is 25.2 Å². The summed E-state index contributed by atoms with van der Waals surface area (Å²) in [6.07, 6.45) is -0.485. The Morgan fingerprint density at radius 2 is 1.79 bits per heavy atom. The van der Waals surface area contributed by atoms with Crippen LogP contribution in [0.5, 0.6) is 11.5 Å². The lowest BCUT2D eigenvalue weighted by Crippen LogP contribution is -2.41. The molecule has 3 aromatic rings. The molecule has 170 valence electrons. The monoisotopic (exact) mass is 485 g/mol. The first-order valence-corrected chi connectivity index (χ1v) is 10.9. The number of aliphatic hydroxyl groups is 1. The smallest absolute Gasteiger partial charge is 0.264 e. The van der Waals surface area contributed by atoms with Gasteiger partial charge in [-0.05, 0) is 42.0 Å². The number of hydrogen-bond donors (Lipinski definition) is 1. The van der Waals surface area contributed by atoms with Gasteiger partial charge in [-0.15, -0.1) is 0 Å². The van der Waals surface area contributed by atoms with E-state index in [0.717, 1.165) is 0 Å². The van der Waals surface area contributed by atoms with Crippen molar-refractivity contribution in [3.8, 4) is 11.5 Å². The number of carbonyl (C=O) groups is 2. The standard InChI is InChI=1S/C25H21Cl2NO5/c1-32-17-8-9-18(23(12-17)33-2)22(29)13-25(31)19-11-16(26)7-10-21(19)28(24(25)30)14-15-5-3-4-6-20(15)27/h3-12,31H,13-14H2,1-2H3. The number of rotatable bonds is 7. The van der Waals surface area contributed by atoms with E-state index in [1.54, 1.807) is 48.5 Å². The van der Waals surface area contributed by atoms with Crippen LogP contribution in [0, 0.1) is 0 Å². The van der Waals surface area contributed by atoms with E-state index in [4.69, 9.17) is 32.7 Å². The van der Waals surface area contributed by atoms with Gasteiger partial charge < -0.3 is 19.5 Å². The third-order valence-electron chi connectivity index (χ3n) is 5.71. The fourth-order valence-corrected chi connectivity index (χ4v) is 4.37. The summed E-state index contributed by atoms with van der Waals surface area (Å²) in [4.78, 5) is 28.2. The maximum absolute atomic E-state index is 13.5. The highest BCUT2D eigenvalue weighted by atomic mass is 35.5. The van der Waals surface area contributed by atoms with Gasteiger partial charge in [-0.1, -0.05) is 41.4 Å². The number of nitrogens with zero attached hydrogens (tertiary/aromatic N) is 1. The van der Waals surface area contributed by atoms with Crippen LogP contribution in [-0.4, -0.2) is 31.0 Å². The molecule has 1 aliphatic heterocycles. The maximum Gasteiger partial charge on any atom is 0.264 e. The van der Waals surface area contributed by atoms with Crippen LogP contribution >= 0.6 is 23.2 Å². The molecule has 0 bridgehead atoms. The zero-order chi connectivity index (χ0) is 23.8. The fraction of sp³-hybridized carbons (Fsp3) is 0.200. The summed E-state index contributed by atoms with van der Waals surface area (Å²) in [6, 6.07) is 16.7. The molecule has 6 nitrogen and oxygen atoms in total. The van der Waals surface area contributed by atoms with Crippen LogP contribution in [0.2, 0.25) is 10.0 Å². The quantitative estimate of drug-likeness (QED) is 0.475. The van der Waals surface area contributed by atoms with E-state index in [0.29, 0.717) is 27.0 Å². The molecule has 0 saturated carbocycles. The predicted octanol–water partition coefficient (Wildman–Crippen LogP) is 5.02. The summed E-state index contributed by atoms with van der Waals surface area (Å²) in [7, 11) is 2.94. The molecule has 1 heterocycles. The number of fused-ring (bicyclic) bond motifs is 1. The Morgan fingerprint density at radius 1 is 1.03 bits per heavy atom. The van der Waals surface area contributed by atoms with Gasteiger partial charge in [0, 0.05) is 21.7 Å². The van der Waals surface area contributed by atoms with Crippen molar-refractivity contribution < 1.29 is 24.2 Å². The van der Waals surface area contributed by atoms with Gasteiger partial charge >= 0.3 is 0 Å². The van der Waals surface area contributed by atoms with Crippen molar-refractivity contribution in [1.82, 2.24) is 0 Å². The second-order valence-electron chi connectivity index (χ2n) is 7.67. The average Bonchev–Trinajstić information content (AvgIpc) is 3.01. The first kappa shape index (κ1) is 23.1. The van der Waals surface area contributed by atoms with Crippen molar-refractivity contribution in [3.05, 3.63) is 87.4 Å². The largest absolute Gasteiger partial charge is 0.497 e. The summed E-state index contributed by atoms with van der Waals surface area (Å²) in [5, 5.41) is 12.4. The molecule has 1 N–H and O–H groups in total. The Morgan fingerprint density at radius 3 is 2.48 bits per heavy atom. The third kappa shape index (κ3) is 4.17. The van der Waals surface area contributed by atoms with Crippen molar-refractivity contribution in [2.45, 2.75) is 18.6 Å². The molecule has 0 spiro atoms. The summed E-state index contributed by atoms with van der Waals surface area (Å²) >= 11 is 12.5. The van der Waals surface area contributed by atoms with E-state index >= 15 is 0 Å². The average molecular weight is 486 g/mol. The topological polar surface area (TPSA) is 76.1 Å². The van der Waals surface area contributed by atoms with Crippen LogP contribution in [0.1, 0.15) is 27.9 Å². The van der Waals surface area contributed by atoms with E-state index in [-0.39, 0.29) is 23.4 Å². The minimum atomic E-state index is -2.09. The lowest BCUT2D eigenvalue weighted by Gasteiger charge is -2.23. The Bertz CT molecular complexity index is 1250. The molecule has 1 atom stereocenters. The summed E-state index contributed by atoms with van der Waals surface area (Å²) in [5.74, 6) is -0.286. The number of ketones is 1. The van der Waals surface area contributed by atoms with E-state index in [9.17, 15) is 14.7 Å². The molecule has 0 saturated heterocycles. The minimum absolute atomic E-state index is 0.134. The molecule has 0 radical (unpaired) electrons. The van der Waals surface area contributed by atoms with Gasteiger partial charge in [0.15, 0.2) is 11.4 Å². The molecule has 1 aliphatic rings. The van der Waals surface area contributed by atoms with Gasteiger partial charge in [0.25, 0.3) is 5.91 Å². The Balaban J connectivity index is 1.72. The van der Waals surface area contributed by atoms with Gasteiger partial charge in [-0.3, -0.25) is 9.59 Å². The predicted molar refractivity (Wildman–Crippen MR) is 126 cm³/mol. The van der Waals surface area contributed by atoms with E-state index in [2.05, 4.69) is 0 Å². The summed E-state index contributed by atoms with van der Waals surface area (Å²) in [5.41, 5.74) is -0.411. The minimum Gasteiger partial charge on any atom is -0.497 e. The van der Waals surface area contributed by atoms with Crippen molar-refractivity contribution in [3.63, 3.8) is 0 Å². The van der Waals surface area contributed by atoms with Crippen LogP contribution < -0.4 is 14.4 Å². The van der Waals surface area contributed by atoms with Crippen LogP contribution in [0.4, 0.5) is 5.69 Å². The van der Waals surface area contributed by atoms with Gasteiger partial charge in [-0.25, -0.2) is 0 Å². The molecule has 0 fully saturated rings. The zero-order valence-electron chi connectivity index (χ0n) is 18.0. The first-order chi connectivity index (χ1) is 15.8. The number of hydrogen-bond acceptors (Lipinski definition) is 5. The van der Waals surface area contributed by atoms with E-state index in [1.807, 2.05) is 6.07 Å². The number of ether oxygens (including phenoxy) is 2. The summed E-state index contributed by atoms with van der Waals surface area (Å²) in [6.45, 7) is 0.134. The molecule has 33 heavy (non-hydrogen) atoms. The van der Waals surface area contributed by atoms with Crippen molar-refractivity contribution in [1.29, 1.82) is 0 Å². The lowest BCUT2D eigenvalue weighted by atomic mass is 9.88. The molecular formula is C25H21Cl2NO5. The van der Waals surface area contributed by atoms with Gasteiger partial charge in [0.1, 0.15) is 11.5 Å². The third-order valence-corrected chi connectivity index (χ3v) is 6.31. The molecular weight excluding hydrogens is 465 g/mol. The highest BCUT2D eigenvalue weighted by molar-refractivity contribution is 6.31. The number of Topliss-reactive ketones (excluding diaryl/α,β-unsaturated/α-hetero) is 1. The molecule has 4 rings (SSSR count). The van der Waals surface area contributed by atoms with Gasteiger partial charge in [0.05, 0.1) is 38.4 Å². The molecule has 1 amide bonds. The summed E-state index contributed by atoms with van der Waals surface area (Å²) < 4.78 is 10.5. The number of halogens is 2. The van der Waals surface area contributed by atoms with Crippen LogP contribution in [-0.2, 0) is 16.9 Å². The molecule has 3 aromatic carbocycles. The van der Waals surface area contributed by atoms with Crippen molar-refractivity contribution in [2.75, 3.05) is 19.1 Å². The second kappa shape index (κ2) is 9.06. The Hall–Kier alpha value is -3.06. The molecule has 0 aliphatic carbocycles. The molecule has 8 heteroatoms. The molecule has 0 aromatic heterocycles. The number of methoxy groups -OCH3 is 2. The number of anilines is 1. The number of benzene rings is 3. The van der Waals surface area contributed by atoms with Crippen molar-refractivity contribution in [2.24, 2.45) is 0 Å². The van der Waals surface area contributed by atoms with E-state index < -0.39 is 23.7 Å². The highest BCUT2D eigenvalue weighted by Crippen LogP contribution is 2.45. The lowest BCUT2D eigenvalue weighted by molar-refractivity contribution is -0.136. The SMILES string of the molecule is COc1ccc(C(=O)CC2(O)C(=O)N(Cc3ccccc3Cl)c3ccc(Cl)cc32)c(OC)c1. The zero-order valence-corrected chi connectivity index (χ0v) is 19.5. The fourth-order valence-electron chi connectivity index (χ4n) is 4.00. The van der Waals surface area contributed by atoms with Crippen LogP contribution in [0.3, 0.4) is 0 Å². The normalized spacial score (nSPS) is 17.1. The van der Waals surface area contributed by atoms with Gasteiger partial charge in [-0.2, -0.15) is 0 Å². The van der Waals surface area contributed by atoms with Crippen LogP contribution in [0.15, 0.2) is 60.7 Å². The second-order valence-corrected chi connectivity index (χ2v) is 8.51. The number of amides is 1.